The zero-order chi connectivity index (χ0) is 13.7. The van der Waals surface area contributed by atoms with Gasteiger partial charge in [-0.25, -0.2) is 0 Å². The molecule has 1 aromatic heterocycles. The Balaban J connectivity index is 2.02. The summed E-state index contributed by atoms with van der Waals surface area (Å²) in [6, 6.07) is 12.4. The predicted molar refractivity (Wildman–Crippen MR) is 72.2 cm³/mol. The van der Waals surface area contributed by atoms with Crippen molar-refractivity contribution in [3.05, 3.63) is 66.0 Å². The van der Waals surface area contributed by atoms with Crippen LogP contribution in [0.1, 0.15) is 30.2 Å². The predicted octanol–water partition coefficient (Wildman–Crippen LogP) is 1.99. The quantitative estimate of drug-likeness (QED) is 0.879. The van der Waals surface area contributed by atoms with Gasteiger partial charge in [-0.3, -0.25) is 9.78 Å². The maximum atomic E-state index is 12.0. The second kappa shape index (κ2) is 6.11. The van der Waals surface area contributed by atoms with Gasteiger partial charge in [-0.2, -0.15) is 0 Å². The zero-order valence-corrected chi connectivity index (χ0v) is 10.7. The van der Waals surface area contributed by atoms with Crippen LogP contribution in [0, 0.1) is 0 Å². The van der Waals surface area contributed by atoms with Crippen LogP contribution >= 0.6 is 0 Å². The molecule has 0 aliphatic heterocycles. The molecule has 2 unspecified atom stereocenters. The molecule has 19 heavy (non-hydrogen) atoms. The number of nitrogens with one attached hydrogen (secondary N) is 1. The molecule has 0 aliphatic rings. The molecule has 2 rings (SSSR count). The monoisotopic (exact) mass is 256 g/mol. The zero-order valence-electron chi connectivity index (χ0n) is 10.7. The van der Waals surface area contributed by atoms with Crippen molar-refractivity contribution in [2.75, 3.05) is 0 Å². The van der Waals surface area contributed by atoms with Crippen molar-refractivity contribution in [2.24, 2.45) is 0 Å². The van der Waals surface area contributed by atoms with Crippen LogP contribution in [0.2, 0.25) is 0 Å². The van der Waals surface area contributed by atoms with Gasteiger partial charge in [-0.1, -0.05) is 30.3 Å². The van der Waals surface area contributed by atoms with E-state index in [2.05, 4.69) is 10.3 Å². The van der Waals surface area contributed by atoms with Crippen LogP contribution in [0.5, 0.6) is 0 Å². The fourth-order valence-electron chi connectivity index (χ4n) is 1.81. The maximum Gasteiger partial charge on any atom is 0.253 e. The highest BCUT2D eigenvalue weighted by molar-refractivity contribution is 5.82. The molecular weight excluding hydrogens is 240 g/mol. The molecule has 4 nitrogen and oxygen atoms in total. The van der Waals surface area contributed by atoms with E-state index >= 15 is 0 Å². The maximum absolute atomic E-state index is 12.0. The molecule has 1 amide bonds. The minimum atomic E-state index is -1.15. The summed E-state index contributed by atoms with van der Waals surface area (Å²) >= 11 is 0. The van der Waals surface area contributed by atoms with Crippen LogP contribution in [-0.4, -0.2) is 16.0 Å². The number of nitrogens with zero attached hydrogens (tertiary/aromatic N) is 1. The number of benzene rings is 1. The molecule has 0 saturated heterocycles. The molecule has 2 N–H and O–H groups in total. The molecule has 0 spiro atoms. The number of carbonyl (C=O) groups is 1. The number of hydrogen-bond donors (Lipinski definition) is 2. The summed E-state index contributed by atoms with van der Waals surface area (Å²) in [5.41, 5.74) is 1.53. The minimum absolute atomic E-state index is 0.172. The van der Waals surface area contributed by atoms with Crippen molar-refractivity contribution < 1.29 is 9.90 Å². The van der Waals surface area contributed by atoms with Gasteiger partial charge in [0, 0.05) is 12.4 Å². The lowest BCUT2D eigenvalue weighted by Crippen LogP contribution is -2.31. The third-order valence-electron chi connectivity index (χ3n) is 2.93. The fraction of sp³-hybridized carbons (Fsp3) is 0.200. The van der Waals surface area contributed by atoms with E-state index in [1.165, 1.54) is 0 Å². The molecule has 4 heteroatoms. The van der Waals surface area contributed by atoms with Gasteiger partial charge in [-0.15, -0.1) is 0 Å². The molecule has 2 atom stereocenters. The van der Waals surface area contributed by atoms with Crippen LogP contribution in [0.25, 0.3) is 0 Å². The fourth-order valence-corrected chi connectivity index (χ4v) is 1.81. The van der Waals surface area contributed by atoms with Crippen LogP contribution in [0.15, 0.2) is 54.9 Å². The third kappa shape index (κ3) is 3.39. The summed E-state index contributed by atoms with van der Waals surface area (Å²) in [6.07, 6.45) is 2.20. The summed E-state index contributed by atoms with van der Waals surface area (Å²) in [4.78, 5) is 15.9. The Bertz CT molecular complexity index is 528. The van der Waals surface area contributed by atoms with E-state index in [4.69, 9.17) is 0 Å². The van der Waals surface area contributed by atoms with Gasteiger partial charge in [0.2, 0.25) is 0 Å². The average molecular weight is 256 g/mol. The van der Waals surface area contributed by atoms with E-state index in [1.807, 2.05) is 25.1 Å². The van der Waals surface area contributed by atoms with E-state index in [1.54, 1.807) is 36.7 Å². The van der Waals surface area contributed by atoms with Crippen LogP contribution in [0.4, 0.5) is 0 Å². The van der Waals surface area contributed by atoms with Crippen LogP contribution in [0.3, 0.4) is 0 Å². The Morgan fingerprint density at radius 3 is 2.37 bits per heavy atom. The Morgan fingerprint density at radius 2 is 1.74 bits per heavy atom. The van der Waals surface area contributed by atoms with Gasteiger partial charge >= 0.3 is 0 Å². The molecule has 2 aromatic rings. The minimum Gasteiger partial charge on any atom is -0.378 e. The lowest BCUT2D eigenvalue weighted by atomic mass is 10.1. The lowest BCUT2D eigenvalue weighted by molar-refractivity contribution is -0.130. The topological polar surface area (TPSA) is 62.2 Å². The average Bonchev–Trinajstić information content (AvgIpc) is 2.48. The second-order valence-corrected chi connectivity index (χ2v) is 4.32. The number of aliphatic hydroxyl groups excluding tert-OH is 1. The van der Waals surface area contributed by atoms with E-state index in [9.17, 15) is 9.90 Å². The Kier molecular flexibility index (Phi) is 4.26. The molecule has 0 aliphatic carbocycles. The number of aliphatic hydroxyl groups is 1. The van der Waals surface area contributed by atoms with Crippen molar-refractivity contribution in [3.63, 3.8) is 0 Å². The first kappa shape index (κ1) is 13.2. The Hall–Kier alpha value is -2.20. The van der Waals surface area contributed by atoms with Crippen molar-refractivity contribution in [1.82, 2.24) is 10.3 Å². The van der Waals surface area contributed by atoms with E-state index in [-0.39, 0.29) is 6.04 Å². The SMILES string of the molecule is CC(NC(=O)C(O)c1ccccc1)c1ccncc1. The molecule has 0 radical (unpaired) electrons. The highest BCUT2D eigenvalue weighted by atomic mass is 16.3. The van der Waals surface area contributed by atoms with Gasteiger partial charge < -0.3 is 10.4 Å². The molecule has 0 saturated carbocycles. The lowest BCUT2D eigenvalue weighted by Gasteiger charge is -2.17. The van der Waals surface area contributed by atoms with Gasteiger partial charge in [-0.05, 0) is 30.2 Å². The first-order valence-electron chi connectivity index (χ1n) is 6.12. The van der Waals surface area contributed by atoms with Crippen LogP contribution < -0.4 is 5.32 Å². The summed E-state index contributed by atoms with van der Waals surface area (Å²) in [5, 5.41) is 12.7. The van der Waals surface area contributed by atoms with E-state index in [0.29, 0.717) is 5.56 Å². The number of hydrogen-bond acceptors (Lipinski definition) is 3. The Labute approximate surface area is 112 Å². The van der Waals surface area contributed by atoms with Gasteiger partial charge in [0.25, 0.3) is 5.91 Å². The van der Waals surface area contributed by atoms with Crippen molar-refractivity contribution in [3.8, 4) is 0 Å². The number of carbonyl (C=O) groups excluding carboxylic acids is 1. The molecule has 1 heterocycles. The smallest absolute Gasteiger partial charge is 0.253 e. The number of pyridine rings is 1. The van der Waals surface area contributed by atoms with Crippen molar-refractivity contribution >= 4 is 5.91 Å². The largest absolute Gasteiger partial charge is 0.378 e. The van der Waals surface area contributed by atoms with Crippen molar-refractivity contribution in [1.29, 1.82) is 0 Å². The van der Waals surface area contributed by atoms with E-state index < -0.39 is 12.0 Å². The summed E-state index contributed by atoms with van der Waals surface area (Å²) in [7, 11) is 0. The molecule has 98 valence electrons. The summed E-state index contributed by atoms with van der Waals surface area (Å²) in [6.45, 7) is 1.87. The summed E-state index contributed by atoms with van der Waals surface area (Å²) in [5.74, 6) is -0.407. The third-order valence-corrected chi connectivity index (χ3v) is 2.93. The molecular formula is C15H16N2O2. The molecule has 0 fully saturated rings. The van der Waals surface area contributed by atoms with Gasteiger partial charge in [0.15, 0.2) is 6.10 Å². The Morgan fingerprint density at radius 1 is 1.11 bits per heavy atom. The number of amides is 1. The normalized spacial score (nSPS) is 13.6. The first-order chi connectivity index (χ1) is 9.18. The molecule has 0 bridgehead atoms. The van der Waals surface area contributed by atoms with Gasteiger partial charge in [0.1, 0.15) is 0 Å². The summed E-state index contributed by atoms with van der Waals surface area (Å²) < 4.78 is 0. The van der Waals surface area contributed by atoms with Crippen molar-refractivity contribution in [2.45, 2.75) is 19.1 Å². The second-order valence-electron chi connectivity index (χ2n) is 4.32. The number of aromatic nitrogens is 1. The van der Waals surface area contributed by atoms with E-state index in [0.717, 1.165) is 5.56 Å². The number of rotatable bonds is 4. The molecule has 1 aromatic carbocycles. The van der Waals surface area contributed by atoms with Gasteiger partial charge in [0.05, 0.1) is 6.04 Å². The first-order valence-corrected chi connectivity index (χ1v) is 6.12. The van der Waals surface area contributed by atoms with Crippen LogP contribution in [-0.2, 0) is 4.79 Å². The highest BCUT2D eigenvalue weighted by Gasteiger charge is 2.19. The standard InChI is InChI=1S/C15H16N2O2/c1-11(12-7-9-16-10-8-12)17-15(19)14(18)13-5-3-2-4-6-13/h2-11,14,18H,1H3,(H,17,19). The highest BCUT2D eigenvalue weighted by Crippen LogP contribution is 2.15.